The van der Waals surface area contributed by atoms with Gasteiger partial charge in [-0.1, -0.05) is 26.6 Å². The molecule has 1 rings (SSSR count). The molecule has 0 radical (unpaired) electrons. The molecule has 1 saturated heterocycles. The summed E-state index contributed by atoms with van der Waals surface area (Å²) in [6.45, 7) is 12.6. The average molecular weight is 271 g/mol. The van der Waals surface area contributed by atoms with Crippen LogP contribution in [0.4, 0.5) is 4.79 Å². The Morgan fingerprint density at radius 2 is 1.83 bits per heavy atom. The third-order valence-electron chi connectivity index (χ3n) is 3.51. The van der Waals surface area contributed by atoms with E-state index in [2.05, 4.69) is 19.6 Å². The number of amides is 1. The highest BCUT2D eigenvalue weighted by Gasteiger charge is 2.68. The molecule has 18 heavy (non-hydrogen) atoms. The number of Topliss-reactive ketones (excluding diaryl/α,β-unsaturated/α-hetero) is 1. The quantitative estimate of drug-likeness (QED) is 0.570. The molecular formula is C13H25NO3Si. The first kappa shape index (κ1) is 15.2. The Labute approximate surface area is 111 Å². The number of rotatable bonds is 5. The molecule has 4 nitrogen and oxygen atoms in total. The normalized spacial score (nSPS) is 27.0. The standard InChI is InChI=1S/C13H25NO3Si/c1-7-11(15)13(9-18(4,5)6)10(3)14(13)12(16)17-8-2/h10H,7-9H2,1-6H3. The van der Waals surface area contributed by atoms with E-state index < -0.39 is 13.6 Å². The van der Waals surface area contributed by atoms with Crippen molar-refractivity contribution in [1.29, 1.82) is 0 Å². The van der Waals surface area contributed by atoms with Crippen LogP contribution in [0.3, 0.4) is 0 Å². The highest BCUT2D eigenvalue weighted by atomic mass is 28.3. The van der Waals surface area contributed by atoms with Crippen LogP contribution in [0.1, 0.15) is 27.2 Å². The molecule has 0 spiro atoms. The van der Waals surface area contributed by atoms with Crippen molar-refractivity contribution in [1.82, 2.24) is 4.90 Å². The molecule has 0 aliphatic carbocycles. The van der Waals surface area contributed by atoms with Crippen LogP contribution in [0.15, 0.2) is 0 Å². The molecule has 0 aromatic rings. The summed E-state index contributed by atoms with van der Waals surface area (Å²) in [7, 11) is -1.43. The number of hydrogen-bond acceptors (Lipinski definition) is 3. The van der Waals surface area contributed by atoms with E-state index in [0.717, 1.165) is 6.04 Å². The fourth-order valence-corrected chi connectivity index (χ4v) is 5.09. The first-order chi connectivity index (χ1) is 8.20. The van der Waals surface area contributed by atoms with Crippen molar-refractivity contribution in [2.75, 3.05) is 6.61 Å². The van der Waals surface area contributed by atoms with Crippen molar-refractivity contribution < 1.29 is 14.3 Å². The summed E-state index contributed by atoms with van der Waals surface area (Å²) in [5, 5.41) is 0. The lowest BCUT2D eigenvalue weighted by molar-refractivity contribution is -0.121. The second kappa shape index (κ2) is 5.03. The van der Waals surface area contributed by atoms with Crippen molar-refractivity contribution in [2.24, 2.45) is 0 Å². The van der Waals surface area contributed by atoms with Gasteiger partial charge in [-0.05, 0) is 19.9 Å². The minimum Gasteiger partial charge on any atom is -0.450 e. The third kappa shape index (κ3) is 2.60. The van der Waals surface area contributed by atoms with Crippen LogP contribution < -0.4 is 0 Å². The molecule has 0 saturated carbocycles. The fourth-order valence-electron chi connectivity index (χ4n) is 2.81. The van der Waals surface area contributed by atoms with Gasteiger partial charge in [0.05, 0.1) is 12.6 Å². The predicted molar refractivity (Wildman–Crippen MR) is 74.5 cm³/mol. The summed E-state index contributed by atoms with van der Waals surface area (Å²) in [6.07, 6.45) is 0.134. The van der Waals surface area contributed by atoms with Crippen LogP contribution in [-0.4, -0.2) is 43.0 Å². The van der Waals surface area contributed by atoms with E-state index in [1.165, 1.54) is 0 Å². The van der Waals surface area contributed by atoms with Crippen molar-refractivity contribution in [2.45, 2.75) is 64.5 Å². The number of nitrogens with zero attached hydrogens (tertiary/aromatic N) is 1. The second-order valence-electron chi connectivity index (χ2n) is 6.18. The molecular weight excluding hydrogens is 246 g/mol. The molecule has 0 N–H and O–H groups in total. The summed E-state index contributed by atoms with van der Waals surface area (Å²) in [4.78, 5) is 25.8. The van der Waals surface area contributed by atoms with E-state index in [4.69, 9.17) is 4.74 Å². The highest BCUT2D eigenvalue weighted by molar-refractivity contribution is 6.76. The van der Waals surface area contributed by atoms with Gasteiger partial charge in [0.1, 0.15) is 5.54 Å². The number of carbonyl (C=O) groups excluding carboxylic acids is 2. The van der Waals surface area contributed by atoms with Crippen LogP contribution in [0, 0.1) is 0 Å². The molecule has 1 aliphatic heterocycles. The summed E-state index contributed by atoms with van der Waals surface area (Å²) in [5.41, 5.74) is -0.578. The topological polar surface area (TPSA) is 46.4 Å². The van der Waals surface area contributed by atoms with Crippen molar-refractivity contribution >= 4 is 20.0 Å². The van der Waals surface area contributed by atoms with Gasteiger partial charge in [-0.15, -0.1) is 0 Å². The SMILES string of the molecule is CCOC(=O)N1C(C)C1(C[Si](C)(C)C)C(=O)CC. The van der Waals surface area contributed by atoms with Gasteiger partial charge in [0, 0.05) is 14.5 Å². The average Bonchev–Trinajstić information content (AvgIpc) is 2.81. The number of carbonyl (C=O) groups is 2. The minimum atomic E-state index is -1.43. The Hall–Kier alpha value is -0.843. The monoisotopic (exact) mass is 271 g/mol. The lowest BCUT2D eigenvalue weighted by atomic mass is 10.0. The van der Waals surface area contributed by atoms with Crippen LogP contribution in [0.5, 0.6) is 0 Å². The van der Waals surface area contributed by atoms with Gasteiger partial charge in [-0.2, -0.15) is 0 Å². The Balaban J connectivity index is 2.96. The highest BCUT2D eigenvalue weighted by Crippen LogP contribution is 2.48. The van der Waals surface area contributed by atoms with E-state index >= 15 is 0 Å². The largest absolute Gasteiger partial charge is 0.450 e. The number of ketones is 1. The van der Waals surface area contributed by atoms with Gasteiger partial charge in [0.2, 0.25) is 0 Å². The van der Waals surface area contributed by atoms with Crippen LogP contribution >= 0.6 is 0 Å². The molecule has 1 amide bonds. The summed E-state index contributed by atoms with van der Waals surface area (Å²) < 4.78 is 5.05. The van der Waals surface area contributed by atoms with E-state index in [1.807, 2.05) is 13.8 Å². The predicted octanol–water partition coefficient (Wildman–Crippen LogP) is 2.90. The molecule has 2 atom stereocenters. The molecule has 1 fully saturated rings. The minimum absolute atomic E-state index is 0.0178. The molecule has 104 valence electrons. The second-order valence-corrected chi connectivity index (χ2v) is 11.7. The van der Waals surface area contributed by atoms with Crippen molar-refractivity contribution in [3.05, 3.63) is 0 Å². The van der Waals surface area contributed by atoms with Gasteiger partial charge in [-0.25, -0.2) is 4.79 Å². The van der Waals surface area contributed by atoms with E-state index in [-0.39, 0.29) is 17.9 Å². The van der Waals surface area contributed by atoms with E-state index in [0.29, 0.717) is 13.0 Å². The zero-order valence-electron chi connectivity index (χ0n) is 12.4. The molecule has 5 heteroatoms. The van der Waals surface area contributed by atoms with Gasteiger partial charge >= 0.3 is 6.09 Å². The smallest absolute Gasteiger partial charge is 0.410 e. The summed E-state index contributed by atoms with van der Waals surface area (Å²) >= 11 is 0. The number of hydrogen-bond donors (Lipinski definition) is 0. The molecule has 0 aromatic carbocycles. The maximum Gasteiger partial charge on any atom is 0.410 e. The first-order valence-corrected chi connectivity index (χ1v) is 10.4. The maximum atomic E-state index is 12.3. The molecule has 1 aliphatic rings. The van der Waals surface area contributed by atoms with Gasteiger partial charge in [-0.3, -0.25) is 9.69 Å². The summed E-state index contributed by atoms with van der Waals surface area (Å²) in [6, 6.07) is 0.808. The summed E-state index contributed by atoms with van der Waals surface area (Å²) in [5.74, 6) is 0.172. The zero-order chi connectivity index (χ0) is 14.1. The molecule has 1 heterocycles. The Morgan fingerprint density at radius 3 is 2.22 bits per heavy atom. The van der Waals surface area contributed by atoms with E-state index in [9.17, 15) is 9.59 Å². The van der Waals surface area contributed by atoms with Gasteiger partial charge in [0.15, 0.2) is 5.78 Å². The van der Waals surface area contributed by atoms with Crippen molar-refractivity contribution in [3.63, 3.8) is 0 Å². The lowest BCUT2D eigenvalue weighted by Gasteiger charge is -2.23. The Kier molecular flexibility index (Phi) is 4.25. The number of ether oxygens (including phenoxy) is 1. The molecule has 0 bridgehead atoms. The zero-order valence-corrected chi connectivity index (χ0v) is 13.4. The van der Waals surface area contributed by atoms with Gasteiger partial charge < -0.3 is 4.74 Å². The first-order valence-electron chi connectivity index (χ1n) is 6.70. The fraction of sp³-hybridized carbons (Fsp3) is 0.846. The van der Waals surface area contributed by atoms with Crippen LogP contribution in [0.2, 0.25) is 25.7 Å². The van der Waals surface area contributed by atoms with Crippen molar-refractivity contribution in [3.8, 4) is 0 Å². The molecule has 0 aromatic heterocycles. The van der Waals surface area contributed by atoms with E-state index in [1.54, 1.807) is 11.8 Å². The maximum absolute atomic E-state index is 12.3. The van der Waals surface area contributed by atoms with Gasteiger partial charge in [0.25, 0.3) is 0 Å². The Morgan fingerprint density at radius 1 is 1.28 bits per heavy atom. The third-order valence-corrected chi connectivity index (χ3v) is 5.11. The van der Waals surface area contributed by atoms with Crippen LogP contribution in [-0.2, 0) is 9.53 Å². The Bertz CT molecular complexity index is 351. The lowest BCUT2D eigenvalue weighted by Crippen LogP contribution is -2.39. The molecule has 2 unspecified atom stereocenters. The van der Waals surface area contributed by atoms with Crippen LogP contribution in [0.25, 0.3) is 0 Å².